The maximum absolute atomic E-state index is 13.7. The molecular weight excluding hydrogens is 460 g/mol. The van der Waals surface area contributed by atoms with Gasteiger partial charge in [0.05, 0.1) is 21.8 Å². The normalized spacial score (nSPS) is 10.8. The molecule has 0 radical (unpaired) electrons. The second kappa shape index (κ2) is 8.81. The number of nitrogens with one attached hydrogen (secondary N) is 1. The summed E-state index contributed by atoms with van der Waals surface area (Å²) in [5.41, 5.74) is 1.70. The van der Waals surface area contributed by atoms with Crippen LogP contribution in [0.5, 0.6) is 0 Å². The van der Waals surface area contributed by atoms with Crippen molar-refractivity contribution in [2.75, 3.05) is 11.2 Å². The highest BCUT2D eigenvalue weighted by molar-refractivity contribution is 6.32. The highest BCUT2D eigenvalue weighted by Crippen LogP contribution is 2.32. The van der Waals surface area contributed by atoms with Crippen LogP contribution in [0.4, 0.5) is 16.0 Å². The molecule has 0 bridgehead atoms. The number of amides is 1. The van der Waals surface area contributed by atoms with E-state index in [9.17, 15) is 19.3 Å². The molecule has 0 spiro atoms. The summed E-state index contributed by atoms with van der Waals surface area (Å²) in [6.45, 7) is 0. The van der Waals surface area contributed by atoms with E-state index in [-0.39, 0.29) is 28.4 Å². The van der Waals surface area contributed by atoms with E-state index < -0.39 is 16.6 Å². The number of nitro groups is 1. The predicted molar refractivity (Wildman–Crippen MR) is 119 cm³/mol. The van der Waals surface area contributed by atoms with Crippen molar-refractivity contribution in [2.45, 2.75) is 0 Å². The number of alkyl halides is 1. The summed E-state index contributed by atoms with van der Waals surface area (Å²) in [4.78, 5) is 35.3. The molecule has 0 aliphatic rings. The lowest BCUT2D eigenvalue weighted by molar-refractivity contribution is -0.384. The number of hydrogen-bond donors (Lipinski definition) is 1. The molecule has 2 heterocycles. The Morgan fingerprint density at radius 3 is 2.59 bits per heavy atom. The van der Waals surface area contributed by atoms with Crippen molar-refractivity contribution >= 4 is 51.6 Å². The van der Waals surface area contributed by atoms with Crippen LogP contribution in [0.2, 0.25) is 5.15 Å². The van der Waals surface area contributed by atoms with Crippen molar-refractivity contribution in [2.24, 2.45) is 0 Å². The number of hydrogen-bond acceptors (Lipinski definition) is 6. The Bertz CT molecular complexity index is 1380. The van der Waals surface area contributed by atoms with Gasteiger partial charge in [0.25, 0.3) is 5.69 Å². The molecule has 0 fully saturated rings. The Morgan fingerprint density at radius 2 is 1.84 bits per heavy atom. The fourth-order valence-electron chi connectivity index (χ4n) is 3.03. The van der Waals surface area contributed by atoms with Crippen LogP contribution in [0, 0.1) is 15.9 Å². The Balaban J connectivity index is 1.91. The zero-order valence-electron chi connectivity index (χ0n) is 16.1. The first kappa shape index (κ1) is 21.5. The van der Waals surface area contributed by atoms with E-state index in [0.29, 0.717) is 27.7 Å². The van der Waals surface area contributed by atoms with Gasteiger partial charge < -0.3 is 0 Å². The van der Waals surface area contributed by atoms with E-state index >= 15 is 0 Å². The summed E-state index contributed by atoms with van der Waals surface area (Å²) >= 11 is 11.9. The molecule has 0 saturated carbocycles. The van der Waals surface area contributed by atoms with Crippen LogP contribution in [0.25, 0.3) is 33.4 Å². The third-order valence-electron chi connectivity index (χ3n) is 4.46. The average Bonchev–Trinajstić information content (AvgIpc) is 2.78. The second-order valence-electron chi connectivity index (χ2n) is 6.62. The van der Waals surface area contributed by atoms with E-state index in [4.69, 9.17) is 23.2 Å². The summed E-state index contributed by atoms with van der Waals surface area (Å²) in [6, 6.07) is 13.1. The molecule has 0 aliphatic carbocycles. The first-order chi connectivity index (χ1) is 15.3. The lowest BCUT2D eigenvalue weighted by atomic mass is 10.1. The molecule has 2 aromatic heterocycles. The largest absolute Gasteiger partial charge is 0.293 e. The number of nitro benzene ring substituents is 1. The molecule has 32 heavy (non-hydrogen) atoms. The van der Waals surface area contributed by atoms with Crippen LogP contribution >= 0.6 is 23.2 Å². The summed E-state index contributed by atoms with van der Waals surface area (Å²) in [7, 11) is 0. The summed E-state index contributed by atoms with van der Waals surface area (Å²) in [6.07, 6.45) is 0. The minimum absolute atomic E-state index is 0.0786. The van der Waals surface area contributed by atoms with Gasteiger partial charge in [-0.3, -0.25) is 20.2 Å². The molecule has 0 unspecified atom stereocenters. The number of anilines is 1. The van der Waals surface area contributed by atoms with Gasteiger partial charge in [-0.25, -0.2) is 19.3 Å². The lowest BCUT2D eigenvalue weighted by Gasteiger charge is -2.11. The molecule has 8 nitrogen and oxygen atoms in total. The van der Waals surface area contributed by atoms with Gasteiger partial charge in [-0.15, -0.1) is 11.6 Å². The predicted octanol–water partition coefficient (Wildman–Crippen LogP) is 5.24. The third-order valence-corrected chi connectivity index (χ3v) is 4.99. The molecule has 1 amide bonds. The number of carbonyl (C=O) groups excluding carboxylic acids is 1. The Hall–Kier alpha value is -3.69. The zero-order chi connectivity index (χ0) is 22.8. The summed E-state index contributed by atoms with van der Waals surface area (Å²) in [5, 5.41) is 14.2. The van der Waals surface area contributed by atoms with Gasteiger partial charge in [-0.1, -0.05) is 23.7 Å². The maximum Gasteiger partial charge on any atom is 0.270 e. The molecule has 1 N–H and O–H groups in total. The van der Waals surface area contributed by atoms with Gasteiger partial charge >= 0.3 is 0 Å². The maximum atomic E-state index is 13.7. The molecule has 160 valence electrons. The van der Waals surface area contributed by atoms with Gasteiger partial charge in [-0.05, 0) is 30.3 Å². The SMILES string of the molecule is O=C(CCl)Nc1nc(-c2cccc([N+](=O)[O-])c2)cc(-c2cc3cc(F)ccc3nc2Cl)n1. The minimum atomic E-state index is -0.543. The topological polar surface area (TPSA) is 111 Å². The van der Waals surface area contributed by atoms with Crippen LogP contribution in [0.3, 0.4) is 0 Å². The Kier molecular flexibility index (Phi) is 5.93. The molecule has 0 saturated heterocycles. The van der Waals surface area contributed by atoms with Crippen molar-refractivity contribution in [3.8, 4) is 22.5 Å². The van der Waals surface area contributed by atoms with E-state index in [1.807, 2.05) is 0 Å². The number of carbonyl (C=O) groups is 1. The van der Waals surface area contributed by atoms with E-state index in [1.54, 1.807) is 18.2 Å². The van der Waals surface area contributed by atoms with Crippen LogP contribution < -0.4 is 5.32 Å². The van der Waals surface area contributed by atoms with E-state index in [2.05, 4.69) is 20.3 Å². The van der Waals surface area contributed by atoms with Gasteiger partial charge in [-0.2, -0.15) is 0 Å². The quantitative estimate of drug-likeness (QED) is 0.184. The monoisotopic (exact) mass is 471 g/mol. The highest BCUT2D eigenvalue weighted by Gasteiger charge is 2.16. The Morgan fingerprint density at radius 1 is 1.06 bits per heavy atom. The number of benzene rings is 2. The Labute approximate surface area is 190 Å². The molecule has 4 rings (SSSR count). The number of nitrogens with zero attached hydrogens (tertiary/aromatic N) is 4. The first-order valence-corrected chi connectivity index (χ1v) is 10.0. The fourth-order valence-corrected chi connectivity index (χ4v) is 3.34. The fraction of sp³-hybridized carbons (Fsp3) is 0.0476. The lowest BCUT2D eigenvalue weighted by Crippen LogP contribution is -2.15. The number of rotatable bonds is 5. The van der Waals surface area contributed by atoms with Crippen molar-refractivity contribution < 1.29 is 14.1 Å². The van der Waals surface area contributed by atoms with Gasteiger partial charge in [0.2, 0.25) is 11.9 Å². The summed E-state index contributed by atoms with van der Waals surface area (Å²) < 4.78 is 13.7. The van der Waals surface area contributed by atoms with Crippen molar-refractivity contribution in [1.82, 2.24) is 15.0 Å². The van der Waals surface area contributed by atoms with Crippen LogP contribution in [0.15, 0.2) is 54.6 Å². The first-order valence-electron chi connectivity index (χ1n) is 9.10. The number of aromatic nitrogens is 3. The van der Waals surface area contributed by atoms with Crippen LogP contribution in [-0.4, -0.2) is 31.7 Å². The molecule has 0 aliphatic heterocycles. The summed E-state index contributed by atoms with van der Waals surface area (Å²) in [5.74, 6) is -1.39. The smallest absolute Gasteiger partial charge is 0.270 e. The standard InChI is InChI=1S/C21H12Cl2FN5O3/c22-10-19(30)28-21-26-17(11-2-1-3-14(7-11)29(31)32)9-18(27-21)15-8-12-6-13(24)4-5-16(12)25-20(15)23/h1-9H,10H2,(H,26,27,28,30). The highest BCUT2D eigenvalue weighted by atomic mass is 35.5. The molecule has 0 atom stereocenters. The molecule has 2 aromatic carbocycles. The van der Waals surface area contributed by atoms with Gasteiger partial charge in [0.15, 0.2) is 0 Å². The van der Waals surface area contributed by atoms with Crippen molar-refractivity contribution in [3.63, 3.8) is 0 Å². The van der Waals surface area contributed by atoms with Crippen LogP contribution in [0.1, 0.15) is 0 Å². The number of non-ortho nitro benzene ring substituents is 1. The number of fused-ring (bicyclic) bond motifs is 1. The number of halogens is 3. The van der Waals surface area contributed by atoms with E-state index in [1.165, 1.54) is 36.4 Å². The molecule has 11 heteroatoms. The van der Waals surface area contributed by atoms with Gasteiger partial charge in [0.1, 0.15) is 16.9 Å². The zero-order valence-corrected chi connectivity index (χ0v) is 17.6. The minimum Gasteiger partial charge on any atom is -0.293 e. The average molecular weight is 472 g/mol. The number of pyridine rings is 1. The second-order valence-corrected chi connectivity index (χ2v) is 7.24. The van der Waals surface area contributed by atoms with E-state index in [0.717, 1.165) is 0 Å². The third kappa shape index (κ3) is 4.48. The van der Waals surface area contributed by atoms with Gasteiger partial charge in [0, 0.05) is 28.6 Å². The van der Waals surface area contributed by atoms with Crippen LogP contribution in [-0.2, 0) is 4.79 Å². The van der Waals surface area contributed by atoms with Crippen molar-refractivity contribution in [3.05, 3.63) is 75.7 Å². The molecule has 4 aromatic rings. The molecular formula is C21H12Cl2FN5O3. The van der Waals surface area contributed by atoms with Crippen molar-refractivity contribution in [1.29, 1.82) is 0 Å².